The van der Waals surface area contributed by atoms with Gasteiger partial charge in [-0.2, -0.15) is 0 Å². The van der Waals surface area contributed by atoms with Crippen molar-refractivity contribution in [3.63, 3.8) is 0 Å². The molecule has 1 amide bonds. The summed E-state index contributed by atoms with van der Waals surface area (Å²) in [6.45, 7) is 0.510. The largest absolute Gasteiger partial charge is 0.380 e. The predicted molar refractivity (Wildman–Crippen MR) is 134 cm³/mol. The predicted octanol–water partition coefficient (Wildman–Crippen LogP) is 4.57. The number of pyridine rings is 1. The number of aromatic nitrogens is 1. The van der Waals surface area contributed by atoms with Gasteiger partial charge in [-0.3, -0.25) is 14.6 Å². The number of para-hydroxylation sites is 1. The molecule has 1 heterocycles. The van der Waals surface area contributed by atoms with Crippen molar-refractivity contribution >= 4 is 21.4 Å². The fraction of sp³-hybridized carbons (Fsp3) is 0.111. The van der Waals surface area contributed by atoms with E-state index in [4.69, 9.17) is 4.84 Å². The third kappa shape index (κ3) is 6.53. The number of sulfone groups is 1. The first-order chi connectivity index (χ1) is 17.0. The second-order valence-electron chi connectivity index (χ2n) is 7.80. The van der Waals surface area contributed by atoms with Crippen LogP contribution in [0.2, 0.25) is 0 Å². The van der Waals surface area contributed by atoms with Gasteiger partial charge in [0.25, 0.3) is 5.91 Å². The Bertz CT molecular complexity index is 1350. The Balaban J connectivity index is 1.49. The van der Waals surface area contributed by atoms with Crippen molar-refractivity contribution in [2.24, 2.45) is 0 Å². The topological polar surface area (TPSA) is 97.4 Å². The molecular formula is C27H25N3O4S. The molecule has 0 fully saturated rings. The SMILES string of the molecule is O=C(NOC(CS(=O)(=O)c1ccccc1)c1ccccc1)c1ccccc1NCc1ccncc1. The van der Waals surface area contributed by atoms with Crippen LogP contribution in [0.25, 0.3) is 0 Å². The summed E-state index contributed by atoms with van der Waals surface area (Å²) in [5.41, 5.74) is 5.11. The number of carbonyl (C=O) groups is 1. The number of hydrogen-bond donors (Lipinski definition) is 2. The van der Waals surface area contributed by atoms with Crippen molar-refractivity contribution < 1.29 is 18.0 Å². The average Bonchev–Trinajstić information content (AvgIpc) is 2.91. The van der Waals surface area contributed by atoms with Crippen LogP contribution in [0.4, 0.5) is 5.69 Å². The van der Waals surface area contributed by atoms with Crippen LogP contribution in [-0.2, 0) is 21.2 Å². The molecule has 1 unspecified atom stereocenters. The quantitative estimate of drug-likeness (QED) is 0.318. The second-order valence-corrected chi connectivity index (χ2v) is 9.83. The van der Waals surface area contributed by atoms with E-state index < -0.39 is 21.8 Å². The number of anilines is 1. The van der Waals surface area contributed by atoms with E-state index in [1.807, 2.05) is 24.3 Å². The van der Waals surface area contributed by atoms with Gasteiger partial charge >= 0.3 is 0 Å². The Morgan fingerprint density at radius 3 is 2.17 bits per heavy atom. The van der Waals surface area contributed by atoms with Crippen molar-refractivity contribution in [2.45, 2.75) is 17.5 Å². The highest BCUT2D eigenvalue weighted by Gasteiger charge is 2.25. The summed E-state index contributed by atoms with van der Waals surface area (Å²) in [5, 5.41) is 3.25. The number of carbonyl (C=O) groups excluding carboxylic acids is 1. The molecule has 0 spiro atoms. The molecule has 0 aliphatic rings. The zero-order valence-corrected chi connectivity index (χ0v) is 19.7. The number of hydrogen-bond acceptors (Lipinski definition) is 6. The molecule has 35 heavy (non-hydrogen) atoms. The molecule has 0 bridgehead atoms. The first kappa shape index (κ1) is 24.1. The number of nitrogens with zero attached hydrogens (tertiary/aromatic N) is 1. The lowest BCUT2D eigenvalue weighted by atomic mass is 10.1. The van der Waals surface area contributed by atoms with Crippen molar-refractivity contribution in [3.8, 4) is 0 Å². The van der Waals surface area contributed by atoms with Crippen LogP contribution in [0, 0.1) is 0 Å². The lowest BCUT2D eigenvalue weighted by Crippen LogP contribution is -2.30. The smallest absolute Gasteiger partial charge is 0.276 e. The van der Waals surface area contributed by atoms with E-state index in [9.17, 15) is 13.2 Å². The summed E-state index contributed by atoms with van der Waals surface area (Å²) in [5.74, 6) is -0.815. The monoisotopic (exact) mass is 487 g/mol. The van der Waals surface area contributed by atoms with Gasteiger partial charge in [0.05, 0.1) is 16.2 Å². The van der Waals surface area contributed by atoms with Crippen molar-refractivity contribution in [1.29, 1.82) is 0 Å². The molecule has 0 radical (unpaired) electrons. The number of rotatable bonds is 10. The molecule has 0 aliphatic carbocycles. The van der Waals surface area contributed by atoms with Crippen LogP contribution in [-0.4, -0.2) is 25.1 Å². The van der Waals surface area contributed by atoms with Gasteiger partial charge in [0.2, 0.25) is 0 Å². The lowest BCUT2D eigenvalue weighted by molar-refractivity contribution is -0.00740. The summed E-state index contributed by atoms with van der Waals surface area (Å²) < 4.78 is 26.0. The minimum atomic E-state index is -3.66. The van der Waals surface area contributed by atoms with Gasteiger partial charge in [-0.05, 0) is 47.5 Å². The van der Waals surface area contributed by atoms with Gasteiger partial charge in [0.1, 0.15) is 6.10 Å². The molecule has 7 nitrogen and oxygen atoms in total. The summed E-state index contributed by atoms with van der Waals surface area (Å²) in [6.07, 6.45) is 2.51. The van der Waals surface area contributed by atoms with E-state index in [-0.39, 0.29) is 10.6 Å². The maximum Gasteiger partial charge on any atom is 0.276 e. The van der Waals surface area contributed by atoms with E-state index in [1.54, 1.807) is 85.2 Å². The molecule has 8 heteroatoms. The van der Waals surface area contributed by atoms with Crippen LogP contribution in [0.1, 0.15) is 27.6 Å². The Labute approximate surface area is 204 Å². The van der Waals surface area contributed by atoms with E-state index in [2.05, 4.69) is 15.8 Å². The highest BCUT2D eigenvalue weighted by atomic mass is 32.2. The fourth-order valence-corrected chi connectivity index (χ4v) is 4.93. The average molecular weight is 488 g/mol. The summed E-state index contributed by atoms with van der Waals surface area (Å²) in [7, 11) is -3.66. The van der Waals surface area contributed by atoms with Crippen LogP contribution in [0.5, 0.6) is 0 Å². The summed E-state index contributed by atoms with van der Waals surface area (Å²) in [6, 6.07) is 27.9. The number of hydroxylamine groups is 1. The van der Waals surface area contributed by atoms with Gasteiger partial charge in [0.15, 0.2) is 9.84 Å². The Morgan fingerprint density at radius 1 is 0.829 bits per heavy atom. The molecular weight excluding hydrogens is 462 g/mol. The number of nitrogens with one attached hydrogen (secondary N) is 2. The van der Waals surface area contributed by atoms with Gasteiger partial charge < -0.3 is 5.32 Å². The third-order valence-corrected chi connectivity index (χ3v) is 7.07. The second kappa shape index (κ2) is 11.4. The zero-order valence-electron chi connectivity index (χ0n) is 18.9. The third-order valence-electron chi connectivity index (χ3n) is 5.34. The summed E-state index contributed by atoms with van der Waals surface area (Å²) >= 11 is 0. The van der Waals surface area contributed by atoms with Crippen LogP contribution < -0.4 is 10.8 Å². The lowest BCUT2D eigenvalue weighted by Gasteiger charge is -2.19. The molecule has 3 aromatic carbocycles. The van der Waals surface area contributed by atoms with E-state index in [0.29, 0.717) is 23.4 Å². The minimum absolute atomic E-state index is 0.196. The molecule has 0 saturated heterocycles. The van der Waals surface area contributed by atoms with Crippen LogP contribution >= 0.6 is 0 Å². The van der Waals surface area contributed by atoms with E-state index in [0.717, 1.165) is 5.56 Å². The normalized spacial score (nSPS) is 12.0. The first-order valence-corrected chi connectivity index (χ1v) is 12.7. The highest BCUT2D eigenvalue weighted by molar-refractivity contribution is 7.91. The van der Waals surface area contributed by atoms with Crippen molar-refractivity contribution in [2.75, 3.05) is 11.1 Å². The van der Waals surface area contributed by atoms with E-state index >= 15 is 0 Å². The standard InChI is InChI=1S/C27H25N3O4S/c31-27(24-13-7-8-14-25(24)29-19-21-15-17-28-18-16-21)30-34-26(22-9-3-1-4-10-22)20-35(32,33)23-11-5-2-6-12-23/h1-18,26,29H,19-20H2,(H,30,31). The van der Waals surface area contributed by atoms with Gasteiger partial charge in [0, 0.05) is 24.6 Å². The van der Waals surface area contributed by atoms with E-state index in [1.165, 1.54) is 0 Å². The number of amides is 1. The maximum atomic E-state index is 13.0. The van der Waals surface area contributed by atoms with Gasteiger partial charge in [-0.1, -0.05) is 60.7 Å². The molecule has 1 atom stereocenters. The van der Waals surface area contributed by atoms with Crippen molar-refractivity contribution in [3.05, 3.63) is 126 Å². The molecule has 2 N–H and O–H groups in total. The summed E-state index contributed by atoms with van der Waals surface area (Å²) in [4.78, 5) is 22.9. The van der Waals surface area contributed by atoms with Crippen LogP contribution in [0.15, 0.2) is 114 Å². The fourth-order valence-electron chi connectivity index (χ4n) is 3.50. The Morgan fingerprint density at radius 2 is 1.46 bits per heavy atom. The Kier molecular flexibility index (Phi) is 7.87. The molecule has 178 valence electrons. The van der Waals surface area contributed by atoms with Crippen LogP contribution in [0.3, 0.4) is 0 Å². The molecule has 0 saturated carbocycles. The van der Waals surface area contributed by atoms with Gasteiger partial charge in [-0.25, -0.2) is 13.9 Å². The minimum Gasteiger partial charge on any atom is -0.380 e. The number of benzene rings is 3. The van der Waals surface area contributed by atoms with Crippen molar-refractivity contribution in [1.82, 2.24) is 10.5 Å². The maximum absolute atomic E-state index is 13.0. The highest BCUT2D eigenvalue weighted by Crippen LogP contribution is 2.23. The zero-order chi connectivity index (χ0) is 24.5. The first-order valence-electron chi connectivity index (χ1n) is 11.0. The van der Waals surface area contributed by atoms with Gasteiger partial charge in [-0.15, -0.1) is 0 Å². The molecule has 0 aliphatic heterocycles. The molecule has 1 aromatic heterocycles. The Hall–Kier alpha value is -4.01. The molecule has 4 aromatic rings. The molecule has 4 rings (SSSR count).